The van der Waals surface area contributed by atoms with Gasteiger partial charge in [0.05, 0.1) is 6.42 Å². The smallest absolute Gasteiger partial charge is 0.144 e. The van der Waals surface area contributed by atoms with Gasteiger partial charge >= 0.3 is 0 Å². The van der Waals surface area contributed by atoms with Gasteiger partial charge in [0.1, 0.15) is 11.6 Å². The molecule has 1 rings (SSSR count). The fourth-order valence-corrected chi connectivity index (χ4v) is 1.34. The van der Waals surface area contributed by atoms with E-state index in [9.17, 15) is 9.59 Å². The molecule has 1 aromatic carbocycles. The average Bonchev–Trinajstić information content (AvgIpc) is 2.34. The van der Waals surface area contributed by atoms with Gasteiger partial charge in [-0.2, -0.15) is 0 Å². The number of benzene rings is 1. The van der Waals surface area contributed by atoms with Crippen LogP contribution in [0, 0.1) is 6.92 Å². The van der Waals surface area contributed by atoms with Crippen molar-refractivity contribution in [3.63, 3.8) is 0 Å². The first kappa shape index (κ1) is 15.6. The van der Waals surface area contributed by atoms with Crippen molar-refractivity contribution < 1.29 is 9.59 Å². The summed E-state index contributed by atoms with van der Waals surface area (Å²) in [7, 11) is 0. The summed E-state index contributed by atoms with van der Waals surface area (Å²) in [6.45, 7) is 7.79. The second kappa shape index (κ2) is 8.68. The molecule has 0 atom stereocenters. The number of hydrogen-bond donors (Lipinski definition) is 0. The maximum absolute atomic E-state index is 11.4. The molecule has 0 fully saturated rings. The second-order valence-electron chi connectivity index (χ2n) is 3.77. The van der Waals surface area contributed by atoms with Gasteiger partial charge in [0.2, 0.25) is 0 Å². The van der Waals surface area contributed by atoms with E-state index in [1.165, 1.54) is 5.56 Å². The van der Waals surface area contributed by atoms with Gasteiger partial charge in [-0.3, -0.25) is 9.59 Å². The zero-order valence-electron chi connectivity index (χ0n) is 11.2. The Labute approximate surface area is 104 Å². The molecule has 0 heterocycles. The maximum atomic E-state index is 11.4. The summed E-state index contributed by atoms with van der Waals surface area (Å²) in [5, 5.41) is 0. The third-order valence-electron chi connectivity index (χ3n) is 2.31. The number of aryl methyl sites for hydroxylation is 1. The first-order valence-corrected chi connectivity index (χ1v) is 6.20. The summed E-state index contributed by atoms with van der Waals surface area (Å²) in [6, 6.07) is 7.82. The number of rotatable bonds is 5. The van der Waals surface area contributed by atoms with Gasteiger partial charge in [-0.05, 0) is 12.5 Å². The van der Waals surface area contributed by atoms with Crippen molar-refractivity contribution in [2.75, 3.05) is 0 Å². The van der Waals surface area contributed by atoms with Gasteiger partial charge in [-0.1, -0.05) is 50.6 Å². The minimum Gasteiger partial charge on any atom is -0.299 e. The van der Waals surface area contributed by atoms with Crippen LogP contribution >= 0.6 is 0 Å². The van der Waals surface area contributed by atoms with Crippen LogP contribution in [0.15, 0.2) is 24.3 Å². The SMILES string of the molecule is CC.CCC(=O)CC(=O)Cc1ccc(C)cc1. The first-order valence-electron chi connectivity index (χ1n) is 6.20. The van der Waals surface area contributed by atoms with E-state index in [-0.39, 0.29) is 18.0 Å². The summed E-state index contributed by atoms with van der Waals surface area (Å²) in [4.78, 5) is 22.5. The van der Waals surface area contributed by atoms with E-state index in [0.29, 0.717) is 12.8 Å². The molecular weight excluding hydrogens is 212 g/mol. The molecule has 0 aromatic heterocycles. The molecule has 0 saturated heterocycles. The predicted molar refractivity (Wildman–Crippen MR) is 71.2 cm³/mol. The van der Waals surface area contributed by atoms with E-state index in [1.54, 1.807) is 6.92 Å². The lowest BCUT2D eigenvalue weighted by Crippen LogP contribution is -2.09. The number of carbonyl (C=O) groups is 2. The van der Waals surface area contributed by atoms with E-state index >= 15 is 0 Å². The molecule has 0 saturated carbocycles. The van der Waals surface area contributed by atoms with Crippen LogP contribution in [0.25, 0.3) is 0 Å². The molecule has 0 aliphatic heterocycles. The van der Waals surface area contributed by atoms with E-state index in [4.69, 9.17) is 0 Å². The Balaban J connectivity index is 0.00000121. The van der Waals surface area contributed by atoms with Crippen LogP contribution in [0.4, 0.5) is 0 Å². The molecule has 0 aliphatic rings. The van der Waals surface area contributed by atoms with Crippen molar-refractivity contribution in [3.05, 3.63) is 35.4 Å². The second-order valence-corrected chi connectivity index (χ2v) is 3.77. The summed E-state index contributed by atoms with van der Waals surface area (Å²) >= 11 is 0. The lowest BCUT2D eigenvalue weighted by molar-refractivity contribution is -0.126. The van der Waals surface area contributed by atoms with E-state index < -0.39 is 0 Å². The average molecular weight is 234 g/mol. The Morgan fingerprint density at radius 1 is 1.00 bits per heavy atom. The fraction of sp³-hybridized carbons (Fsp3) is 0.467. The zero-order valence-corrected chi connectivity index (χ0v) is 11.2. The molecule has 0 bridgehead atoms. The van der Waals surface area contributed by atoms with Crippen LogP contribution in [0.5, 0.6) is 0 Å². The normalized spacial score (nSPS) is 9.18. The predicted octanol–water partition coefficient (Wildman–Crippen LogP) is 3.50. The standard InChI is InChI=1S/C13H16O2.C2H6/c1-3-12(14)9-13(15)8-11-6-4-10(2)5-7-11;1-2/h4-7H,3,8-9H2,1-2H3;1-2H3. The van der Waals surface area contributed by atoms with Crippen LogP contribution in [-0.4, -0.2) is 11.6 Å². The van der Waals surface area contributed by atoms with Crippen molar-refractivity contribution in [2.45, 2.75) is 47.0 Å². The van der Waals surface area contributed by atoms with E-state index in [1.807, 2.05) is 45.0 Å². The summed E-state index contributed by atoms with van der Waals surface area (Å²) < 4.78 is 0. The highest BCUT2D eigenvalue weighted by Crippen LogP contribution is 2.05. The minimum atomic E-state index is 0.00528. The van der Waals surface area contributed by atoms with Crippen LogP contribution < -0.4 is 0 Å². The third kappa shape index (κ3) is 6.67. The van der Waals surface area contributed by atoms with Crippen molar-refractivity contribution in [3.8, 4) is 0 Å². The van der Waals surface area contributed by atoms with Crippen molar-refractivity contribution >= 4 is 11.6 Å². The Hall–Kier alpha value is -1.44. The topological polar surface area (TPSA) is 34.1 Å². The zero-order chi connectivity index (χ0) is 13.3. The quantitative estimate of drug-likeness (QED) is 0.731. The van der Waals surface area contributed by atoms with Crippen LogP contribution in [0.2, 0.25) is 0 Å². The summed E-state index contributed by atoms with van der Waals surface area (Å²) in [5.41, 5.74) is 2.16. The van der Waals surface area contributed by atoms with Gasteiger partial charge in [0, 0.05) is 12.8 Å². The monoisotopic (exact) mass is 234 g/mol. The van der Waals surface area contributed by atoms with Gasteiger partial charge < -0.3 is 0 Å². The first-order chi connectivity index (χ1) is 8.11. The Morgan fingerprint density at radius 2 is 1.53 bits per heavy atom. The number of Topliss-reactive ketones (excluding diaryl/α,β-unsaturated/α-hetero) is 2. The molecule has 0 spiro atoms. The van der Waals surface area contributed by atoms with E-state index in [2.05, 4.69) is 0 Å². The summed E-state index contributed by atoms with van der Waals surface area (Å²) in [5.74, 6) is 0.0258. The number of carbonyl (C=O) groups excluding carboxylic acids is 2. The van der Waals surface area contributed by atoms with Gasteiger partial charge in [-0.25, -0.2) is 0 Å². The van der Waals surface area contributed by atoms with Crippen LogP contribution in [-0.2, 0) is 16.0 Å². The molecular formula is C15H22O2. The minimum absolute atomic E-state index is 0.00528. The van der Waals surface area contributed by atoms with Crippen molar-refractivity contribution in [1.29, 1.82) is 0 Å². The highest BCUT2D eigenvalue weighted by Gasteiger charge is 2.08. The van der Waals surface area contributed by atoms with Crippen molar-refractivity contribution in [1.82, 2.24) is 0 Å². The molecule has 0 radical (unpaired) electrons. The van der Waals surface area contributed by atoms with E-state index in [0.717, 1.165) is 5.56 Å². The van der Waals surface area contributed by atoms with Gasteiger partial charge in [-0.15, -0.1) is 0 Å². The molecule has 0 unspecified atom stereocenters. The fourth-order valence-electron chi connectivity index (χ4n) is 1.34. The molecule has 94 valence electrons. The lowest BCUT2D eigenvalue weighted by Gasteiger charge is -2.00. The molecule has 0 N–H and O–H groups in total. The highest BCUT2D eigenvalue weighted by atomic mass is 16.1. The number of hydrogen-bond acceptors (Lipinski definition) is 2. The molecule has 17 heavy (non-hydrogen) atoms. The third-order valence-corrected chi connectivity index (χ3v) is 2.31. The van der Waals surface area contributed by atoms with Crippen molar-refractivity contribution in [2.24, 2.45) is 0 Å². The molecule has 2 nitrogen and oxygen atoms in total. The summed E-state index contributed by atoms with van der Waals surface area (Å²) in [6.07, 6.45) is 0.885. The van der Waals surface area contributed by atoms with Crippen LogP contribution in [0.3, 0.4) is 0 Å². The Kier molecular flexibility index (Phi) is 7.95. The van der Waals surface area contributed by atoms with Crippen LogP contribution in [0.1, 0.15) is 44.7 Å². The Bertz CT molecular complexity index is 350. The largest absolute Gasteiger partial charge is 0.299 e. The molecule has 2 heteroatoms. The molecule has 0 amide bonds. The maximum Gasteiger partial charge on any atom is 0.144 e. The molecule has 0 aliphatic carbocycles. The van der Waals surface area contributed by atoms with Gasteiger partial charge in [0.15, 0.2) is 0 Å². The number of ketones is 2. The molecule has 1 aromatic rings. The highest BCUT2D eigenvalue weighted by molar-refractivity contribution is 5.99. The van der Waals surface area contributed by atoms with Gasteiger partial charge in [0.25, 0.3) is 0 Å². The lowest BCUT2D eigenvalue weighted by atomic mass is 10.0. The Morgan fingerprint density at radius 3 is 2.00 bits per heavy atom.